The second-order valence-electron chi connectivity index (χ2n) is 8.60. The minimum Gasteiger partial charge on any atom is -0.396 e. The monoisotopic (exact) mass is 540 g/mol. The first-order valence-corrected chi connectivity index (χ1v) is 11.5. The number of H-pyrrole nitrogens is 1. The van der Waals surface area contributed by atoms with Crippen molar-refractivity contribution in [2.24, 2.45) is 0 Å². The van der Waals surface area contributed by atoms with Gasteiger partial charge in [0.1, 0.15) is 18.6 Å². The van der Waals surface area contributed by atoms with Gasteiger partial charge in [-0.2, -0.15) is 15.3 Å². The summed E-state index contributed by atoms with van der Waals surface area (Å²) in [6.07, 6.45) is 8.57. The molecule has 0 atom stereocenters. The van der Waals surface area contributed by atoms with E-state index in [2.05, 4.69) is 25.3 Å². The van der Waals surface area contributed by atoms with Gasteiger partial charge in [-0.1, -0.05) is 0 Å². The average molecular weight is 541 g/mol. The van der Waals surface area contributed by atoms with E-state index in [1.165, 1.54) is 18.6 Å². The maximum absolute atomic E-state index is 10.3. The van der Waals surface area contributed by atoms with Crippen LogP contribution in [0.5, 0.6) is 0 Å². The molecule has 0 aliphatic carbocycles. The zero-order valence-corrected chi connectivity index (χ0v) is 22.8. The van der Waals surface area contributed by atoms with E-state index >= 15 is 0 Å². The number of anilines is 1. The minimum absolute atomic E-state index is 0.00926. The maximum atomic E-state index is 10.3. The number of aliphatic hydroxyl groups is 1. The van der Waals surface area contributed by atoms with E-state index in [0.717, 1.165) is 38.1 Å². The van der Waals surface area contributed by atoms with Crippen molar-refractivity contribution in [3.63, 3.8) is 0 Å². The first-order chi connectivity index (χ1) is 17.8. The number of aliphatic hydroxyl groups excluding tert-OH is 1. The second-order valence-corrected chi connectivity index (χ2v) is 8.60. The van der Waals surface area contributed by atoms with Gasteiger partial charge in [-0.15, -0.1) is 0 Å². The Hall–Kier alpha value is -3.93. The lowest BCUT2D eigenvalue weighted by atomic mass is 10.5. The molecule has 0 unspecified atom stereocenters. The predicted octanol–water partition coefficient (Wildman–Crippen LogP) is 0.238. The van der Waals surface area contributed by atoms with Gasteiger partial charge in [-0.05, 0) is 42.3 Å². The van der Waals surface area contributed by atoms with Gasteiger partial charge in [0.25, 0.3) is 0 Å². The van der Waals surface area contributed by atoms with Gasteiger partial charge in [0, 0.05) is 25.8 Å². The number of nitrogen functional groups attached to an aromatic ring is 1. The summed E-state index contributed by atoms with van der Waals surface area (Å²) in [7, 11) is 11.8. The predicted molar refractivity (Wildman–Crippen MR) is 144 cm³/mol. The van der Waals surface area contributed by atoms with Crippen molar-refractivity contribution in [3.05, 3.63) is 57.4 Å². The van der Waals surface area contributed by atoms with Crippen LogP contribution in [0.15, 0.2) is 37.2 Å². The average Bonchev–Trinajstić information content (AvgIpc) is 3.59. The van der Waals surface area contributed by atoms with Crippen LogP contribution in [0, 0.1) is 20.2 Å². The zero-order valence-electron chi connectivity index (χ0n) is 22.8. The first kappa shape index (κ1) is 34.1. The Morgan fingerprint density at radius 2 is 1.34 bits per heavy atom. The van der Waals surface area contributed by atoms with Crippen LogP contribution in [-0.4, -0.2) is 128 Å². The smallest absolute Gasteiger partial charge is 0.306 e. The molecule has 0 aliphatic rings. The number of hydrogen-bond donors (Lipinski definition) is 3. The molecule has 0 aliphatic heterocycles. The number of hydrogen-bond acceptors (Lipinski definition) is 12. The number of nitro groups is 2. The Labute approximate surface area is 221 Å². The second kappa shape index (κ2) is 19.2. The number of nitrogens with two attached hydrogens (primary N) is 1. The van der Waals surface area contributed by atoms with Crippen LogP contribution in [0.25, 0.3) is 0 Å². The van der Waals surface area contributed by atoms with Crippen molar-refractivity contribution in [1.29, 1.82) is 0 Å². The Balaban J connectivity index is 0.000000500. The van der Waals surface area contributed by atoms with Gasteiger partial charge in [0.2, 0.25) is 0 Å². The first-order valence-electron chi connectivity index (χ1n) is 11.5. The molecule has 0 amide bonds. The molecule has 0 radical (unpaired) electrons. The van der Waals surface area contributed by atoms with Gasteiger partial charge < -0.3 is 25.5 Å². The van der Waals surface area contributed by atoms with E-state index in [0.29, 0.717) is 6.54 Å². The highest BCUT2D eigenvalue weighted by molar-refractivity contribution is 5.30. The number of likely N-dealkylation sites (N-methyl/N-ethyl adjacent to an activating group) is 3. The maximum Gasteiger partial charge on any atom is 0.306 e. The number of rotatable bonds is 10. The molecule has 0 saturated carbocycles. The summed E-state index contributed by atoms with van der Waals surface area (Å²) in [5, 5.41) is 41.9. The molecule has 3 heterocycles. The minimum atomic E-state index is -0.510. The number of nitrogens with zero attached hydrogens (tertiary/aromatic N) is 10. The van der Waals surface area contributed by atoms with Crippen LogP contribution in [0.2, 0.25) is 0 Å². The van der Waals surface area contributed by atoms with Crippen LogP contribution in [-0.2, 0) is 13.1 Å². The van der Waals surface area contributed by atoms with E-state index in [9.17, 15) is 20.2 Å². The lowest BCUT2D eigenvalue weighted by Gasteiger charge is -2.08. The third-order valence-electron chi connectivity index (χ3n) is 4.28. The summed E-state index contributed by atoms with van der Waals surface area (Å²) < 4.78 is 3.41. The standard InChI is InChI=1S/C7H12N4O2.C7H14N4.C4H11NO.C3H3N3O2/c1-9(2)3-4-10-6-7(5-8-10)11(12)13;1-10(2)3-4-11-6-7(8)5-9-11;1-5(2)3-4-6;7-6(8)3-1-4-5-2-3/h5-6H,3-4H2,1-2H3;5-6H,3-4,8H2,1-2H3;6H,3-4H2,1-2H3;1-2H,(H,4,5). The molecule has 0 bridgehead atoms. The van der Waals surface area contributed by atoms with Crippen LogP contribution in [0.4, 0.5) is 17.1 Å². The fraction of sp³-hybridized carbons (Fsp3) is 0.571. The molecular formula is C21H40N12O5. The summed E-state index contributed by atoms with van der Waals surface area (Å²) >= 11 is 0. The molecule has 17 heteroatoms. The lowest BCUT2D eigenvalue weighted by molar-refractivity contribution is -0.385. The fourth-order valence-corrected chi connectivity index (χ4v) is 2.22. The fourth-order valence-electron chi connectivity index (χ4n) is 2.22. The molecule has 3 rings (SSSR count). The Bertz CT molecular complexity index is 1020. The highest BCUT2D eigenvalue weighted by atomic mass is 16.6. The van der Waals surface area contributed by atoms with E-state index < -0.39 is 9.85 Å². The van der Waals surface area contributed by atoms with Crippen molar-refractivity contribution in [2.75, 3.05) is 74.3 Å². The van der Waals surface area contributed by atoms with Crippen LogP contribution in [0.3, 0.4) is 0 Å². The van der Waals surface area contributed by atoms with Crippen molar-refractivity contribution >= 4 is 17.1 Å². The lowest BCUT2D eigenvalue weighted by Crippen LogP contribution is -2.18. The van der Waals surface area contributed by atoms with E-state index in [1.807, 2.05) is 63.0 Å². The number of aromatic nitrogens is 6. The van der Waals surface area contributed by atoms with Crippen molar-refractivity contribution in [2.45, 2.75) is 13.1 Å². The van der Waals surface area contributed by atoms with Gasteiger partial charge in [-0.3, -0.25) is 34.7 Å². The highest BCUT2D eigenvalue weighted by Gasteiger charge is 2.08. The van der Waals surface area contributed by atoms with Gasteiger partial charge >= 0.3 is 11.4 Å². The Kier molecular flexibility index (Phi) is 17.2. The van der Waals surface area contributed by atoms with Gasteiger partial charge in [0.05, 0.1) is 47.6 Å². The molecule has 38 heavy (non-hydrogen) atoms. The molecule has 0 spiro atoms. The van der Waals surface area contributed by atoms with Gasteiger partial charge in [0.15, 0.2) is 0 Å². The Morgan fingerprint density at radius 1 is 0.842 bits per heavy atom. The molecule has 3 aromatic rings. The molecule has 3 aromatic heterocycles. The van der Waals surface area contributed by atoms with Crippen molar-refractivity contribution < 1.29 is 15.0 Å². The molecular weight excluding hydrogens is 500 g/mol. The quantitative estimate of drug-likeness (QED) is 0.233. The number of aromatic amines is 1. The van der Waals surface area contributed by atoms with E-state index in [1.54, 1.807) is 10.9 Å². The van der Waals surface area contributed by atoms with Gasteiger partial charge in [-0.25, -0.2) is 0 Å². The molecule has 0 aromatic carbocycles. The molecule has 4 N–H and O–H groups in total. The summed E-state index contributed by atoms with van der Waals surface area (Å²) in [6, 6.07) is 0. The third kappa shape index (κ3) is 17.5. The van der Waals surface area contributed by atoms with E-state index in [-0.39, 0.29) is 18.0 Å². The molecule has 214 valence electrons. The van der Waals surface area contributed by atoms with E-state index in [4.69, 9.17) is 10.8 Å². The molecule has 17 nitrogen and oxygen atoms in total. The SMILES string of the molecule is CN(C)CCO.CN(C)CCn1cc(N)cn1.CN(C)CCn1cc([N+](=O)[O-])cn1.O=[N+]([O-])c1cn[nH]c1. The number of nitrogens with one attached hydrogen (secondary N) is 1. The third-order valence-corrected chi connectivity index (χ3v) is 4.28. The van der Waals surface area contributed by atoms with Crippen LogP contribution < -0.4 is 5.73 Å². The Morgan fingerprint density at radius 3 is 1.63 bits per heavy atom. The van der Waals surface area contributed by atoms with Crippen LogP contribution in [0.1, 0.15) is 0 Å². The van der Waals surface area contributed by atoms with Crippen LogP contribution >= 0.6 is 0 Å². The summed E-state index contributed by atoms with van der Waals surface area (Å²) in [6.45, 7) is 4.39. The van der Waals surface area contributed by atoms with Crippen molar-refractivity contribution in [1.82, 2.24) is 44.5 Å². The normalized spacial score (nSPS) is 10.3. The summed E-state index contributed by atoms with van der Waals surface area (Å²) in [5.41, 5.74) is 6.24. The zero-order chi connectivity index (χ0) is 29.1. The largest absolute Gasteiger partial charge is 0.396 e. The molecule has 0 fully saturated rings. The highest BCUT2D eigenvalue weighted by Crippen LogP contribution is 2.07. The molecule has 0 saturated heterocycles. The summed E-state index contributed by atoms with van der Waals surface area (Å²) in [4.78, 5) is 25.2. The summed E-state index contributed by atoms with van der Waals surface area (Å²) in [5.74, 6) is 0. The topological polar surface area (TPSA) is 207 Å². The van der Waals surface area contributed by atoms with Crippen molar-refractivity contribution in [3.8, 4) is 0 Å².